The van der Waals surface area contributed by atoms with Gasteiger partial charge in [-0.05, 0) is 40.7 Å². The summed E-state index contributed by atoms with van der Waals surface area (Å²) in [7, 11) is 2.00. The first kappa shape index (κ1) is 12.3. The molecular weight excluding hydrogens is 280 g/mol. The largest absolute Gasteiger partial charge is 0.355 e. The van der Waals surface area contributed by atoms with Crippen LogP contribution >= 0.6 is 22.9 Å². The van der Waals surface area contributed by atoms with Gasteiger partial charge in [0.25, 0.3) is 0 Å². The van der Waals surface area contributed by atoms with E-state index in [1.807, 2.05) is 30.6 Å². The Balaban J connectivity index is 1.97. The van der Waals surface area contributed by atoms with Crippen LogP contribution in [0.2, 0.25) is 5.28 Å². The fourth-order valence-corrected chi connectivity index (χ4v) is 2.92. The maximum absolute atomic E-state index is 5.98. The van der Waals surface area contributed by atoms with Crippen molar-refractivity contribution < 1.29 is 0 Å². The van der Waals surface area contributed by atoms with E-state index in [1.165, 1.54) is 5.56 Å². The third-order valence-corrected chi connectivity index (χ3v) is 3.78. The third kappa shape index (κ3) is 2.52. The van der Waals surface area contributed by atoms with Gasteiger partial charge in [0.2, 0.25) is 5.28 Å². The van der Waals surface area contributed by atoms with E-state index >= 15 is 0 Å². The molecular formula is C13H11ClN4S. The number of aromatic nitrogens is 3. The van der Waals surface area contributed by atoms with E-state index in [0.717, 1.165) is 22.6 Å². The fraction of sp³-hybridized carbons (Fsp3) is 0.154. The van der Waals surface area contributed by atoms with E-state index in [1.54, 1.807) is 23.7 Å². The summed E-state index contributed by atoms with van der Waals surface area (Å²) in [4.78, 5) is 15.6. The summed E-state index contributed by atoms with van der Waals surface area (Å²) in [6.45, 7) is 0.751. The molecule has 3 rings (SSSR count). The number of hydrogen-bond acceptors (Lipinski definition) is 5. The van der Waals surface area contributed by atoms with E-state index in [-0.39, 0.29) is 5.28 Å². The summed E-state index contributed by atoms with van der Waals surface area (Å²) in [5.74, 6) is 0.855. The molecule has 0 aromatic carbocycles. The molecule has 0 radical (unpaired) electrons. The van der Waals surface area contributed by atoms with Gasteiger partial charge >= 0.3 is 0 Å². The Bertz CT molecular complexity index is 698. The van der Waals surface area contributed by atoms with Crippen LogP contribution in [-0.4, -0.2) is 22.0 Å². The molecule has 4 nitrogen and oxygen atoms in total. The molecule has 0 aliphatic heterocycles. The molecule has 3 aromatic rings. The predicted molar refractivity (Wildman–Crippen MR) is 78.8 cm³/mol. The Labute approximate surface area is 119 Å². The highest BCUT2D eigenvalue weighted by Gasteiger charge is 2.12. The lowest BCUT2D eigenvalue weighted by atomic mass is 10.2. The molecule has 6 heteroatoms. The molecule has 0 aliphatic carbocycles. The number of nitrogens with zero attached hydrogens (tertiary/aromatic N) is 4. The highest BCUT2D eigenvalue weighted by molar-refractivity contribution is 7.16. The highest BCUT2D eigenvalue weighted by Crippen LogP contribution is 2.29. The minimum absolute atomic E-state index is 0.284. The van der Waals surface area contributed by atoms with Crippen molar-refractivity contribution >= 4 is 39.0 Å². The quantitative estimate of drug-likeness (QED) is 0.694. The molecule has 3 aromatic heterocycles. The third-order valence-electron chi connectivity index (χ3n) is 2.81. The number of rotatable bonds is 3. The van der Waals surface area contributed by atoms with Crippen LogP contribution < -0.4 is 4.90 Å². The Morgan fingerprint density at radius 2 is 2.00 bits per heavy atom. The molecule has 0 fully saturated rings. The number of halogens is 1. The van der Waals surface area contributed by atoms with Crippen molar-refractivity contribution in [2.45, 2.75) is 6.54 Å². The van der Waals surface area contributed by atoms with Crippen LogP contribution in [0.4, 0.5) is 5.82 Å². The fourth-order valence-electron chi connectivity index (χ4n) is 1.94. The highest BCUT2D eigenvalue weighted by atomic mass is 35.5. The van der Waals surface area contributed by atoms with Crippen molar-refractivity contribution in [3.8, 4) is 0 Å². The van der Waals surface area contributed by atoms with Crippen molar-refractivity contribution in [3.05, 3.63) is 46.8 Å². The average Bonchev–Trinajstić information content (AvgIpc) is 2.86. The molecule has 0 amide bonds. The molecule has 96 valence electrons. The second kappa shape index (κ2) is 5.11. The molecule has 0 N–H and O–H groups in total. The first-order chi connectivity index (χ1) is 9.24. The summed E-state index contributed by atoms with van der Waals surface area (Å²) in [6.07, 6.45) is 3.58. The minimum Gasteiger partial charge on any atom is -0.355 e. The van der Waals surface area contributed by atoms with E-state index in [2.05, 4.69) is 19.9 Å². The van der Waals surface area contributed by atoms with Crippen LogP contribution in [0.3, 0.4) is 0 Å². The maximum atomic E-state index is 5.98. The summed E-state index contributed by atoms with van der Waals surface area (Å²) in [5.41, 5.74) is 1.18. The number of pyridine rings is 1. The second-order valence-corrected chi connectivity index (χ2v) is 5.40. The molecule has 0 spiro atoms. The molecule has 19 heavy (non-hydrogen) atoms. The molecule has 0 atom stereocenters. The topological polar surface area (TPSA) is 41.9 Å². The summed E-state index contributed by atoms with van der Waals surface area (Å²) in [5, 5.41) is 3.32. The van der Waals surface area contributed by atoms with Crippen molar-refractivity contribution in [1.29, 1.82) is 0 Å². The minimum atomic E-state index is 0.284. The molecule has 0 aliphatic rings. The van der Waals surface area contributed by atoms with Crippen LogP contribution in [0.1, 0.15) is 5.56 Å². The molecule has 0 bridgehead atoms. The van der Waals surface area contributed by atoms with Crippen molar-refractivity contribution in [2.75, 3.05) is 11.9 Å². The summed E-state index contributed by atoms with van der Waals surface area (Å²) in [6, 6.07) is 6.00. The number of thiophene rings is 1. The van der Waals surface area contributed by atoms with E-state index in [0.29, 0.717) is 0 Å². The van der Waals surface area contributed by atoms with Gasteiger partial charge in [-0.3, -0.25) is 4.98 Å². The Kier molecular flexibility index (Phi) is 3.31. The lowest BCUT2D eigenvalue weighted by Crippen LogP contribution is -2.18. The van der Waals surface area contributed by atoms with Gasteiger partial charge in [-0.2, -0.15) is 4.98 Å². The predicted octanol–water partition coefficient (Wildman–Crippen LogP) is 3.38. The van der Waals surface area contributed by atoms with Gasteiger partial charge < -0.3 is 4.90 Å². The second-order valence-electron chi connectivity index (χ2n) is 4.17. The van der Waals surface area contributed by atoms with Gasteiger partial charge in [0.15, 0.2) is 0 Å². The zero-order chi connectivity index (χ0) is 13.2. The van der Waals surface area contributed by atoms with Crippen molar-refractivity contribution in [2.24, 2.45) is 0 Å². The normalized spacial score (nSPS) is 10.8. The Morgan fingerprint density at radius 3 is 2.79 bits per heavy atom. The first-order valence-electron chi connectivity index (χ1n) is 5.75. The average molecular weight is 291 g/mol. The first-order valence-corrected chi connectivity index (χ1v) is 7.00. The van der Waals surface area contributed by atoms with E-state index < -0.39 is 0 Å². The standard InChI is InChI=1S/C13H11ClN4S/c1-18(8-9-2-5-15-6-3-9)11-10-4-7-19-12(10)17-13(14)16-11/h2-7H,8H2,1H3. The zero-order valence-corrected chi connectivity index (χ0v) is 11.8. The number of hydrogen-bond donors (Lipinski definition) is 0. The van der Waals surface area contributed by atoms with Crippen LogP contribution in [0, 0.1) is 0 Å². The number of anilines is 1. The van der Waals surface area contributed by atoms with Crippen LogP contribution in [0.15, 0.2) is 36.0 Å². The SMILES string of the molecule is CN(Cc1ccncc1)c1nc(Cl)nc2sccc12. The van der Waals surface area contributed by atoms with Gasteiger partial charge in [-0.15, -0.1) is 11.3 Å². The monoisotopic (exact) mass is 290 g/mol. The van der Waals surface area contributed by atoms with Crippen LogP contribution in [0.25, 0.3) is 10.2 Å². The lowest BCUT2D eigenvalue weighted by Gasteiger charge is -2.19. The van der Waals surface area contributed by atoms with Crippen molar-refractivity contribution in [1.82, 2.24) is 15.0 Å². The Morgan fingerprint density at radius 1 is 1.21 bits per heavy atom. The van der Waals surface area contributed by atoms with Crippen LogP contribution in [0.5, 0.6) is 0 Å². The van der Waals surface area contributed by atoms with Gasteiger partial charge in [-0.1, -0.05) is 0 Å². The van der Waals surface area contributed by atoms with E-state index in [9.17, 15) is 0 Å². The lowest BCUT2D eigenvalue weighted by molar-refractivity contribution is 0.898. The number of fused-ring (bicyclic) bond motifs is 1. The molecule has 0 unspecified atom stereocenters. The smallest absolute Gasteiger partial charge is 0.225 e. The maximum Gasteiger partial charge on any atom is 0.225 e. The molecule has 0 saturated carbocycles. The van der Waals surface area contributed by atoms with Gasteiger partial charge in [-0.25, -0.2) is 4.98 Å². The van der Waals surface area contributed by atoms with Crippen molar-refractivity contribution in [3.63, 3.8) is 0 Å². The van der Waals surface area contributed by atoms with Gasteiger partial charge in [0.1, 0.15) is 10.6 Å². The molecule has 0 saturated heterocycles. The van der Waals surface area contributed by atoms with Gasteiger partial charge in [0.05, 0.1) is 5.39 Å². The summed E-state index contributed by atoms with van der Waals surface area (Å²) >= 11 is 7.54. The van der Waals surface area contributed by atoms with E-state index in [4.69, 9.17) is 11.6 Å². The zero-order valence-electron chi connectivity index (χ0n) is 10.2. The summed E-state index contributed by atoms with van der Waals surface area (Å²) < 4.78 is 0. The molecule has 3 heterocycles. The van der Waals surface area contributed by atoms with Crippen LogP contribution in [-0.2, 0) is 6.54 Å². The van der Waals surface area contributed by atoms with Gasteiger partial charge in [0, 0.05) is 26.0 Å². The Hall–Kier alpha value is -1.72.